The minimum atomic E-state index is -0.932. The zero-order chi connectivity index (χ0) is 24.9. The molecular formula is C24H35N3O7. The molecule has 0 radical (unpaired) electrons. The smallest absolute Gasteiger partial charge is 0.412 e. The molecule has 0 unspecified atom stereocenters. The second-order valence-corrected chi connectivity index (χ2v) is 9.48. The molecule has 2 aliphatic heterocycles. The molecule has 0 bridgehead atoms. The first-order valence-electron chi connectivity index (χ1n) is 11.5. The Morgan fingerprint density at radius 2 is 1.79 bits per heavy atom. The summed E-state index contributed by atoms with van der Waals surface area (Å²) in [6.45, 7) is 8.67. The second-order valence-electron chi connectivity index (χ2n) is 9.48. The molecule has 2 heterocycles. The van der Waals surface area contributed by atoms with Gasteiger partial charge in [0.15, 0.2) is 0 Å². The van der Waals surface area contributed by atoms with Crippen molar-refractivity contribution in [2.75, 3.05) is 40.1 Å². The number of likely N-dealkylation sites (N-methyl/N-ethyl adjacent to an activating group) is 1. The summed E-state index contributed by atoms with van der Waals surface area (Å²) in [5.41, 5.74) is 0.288. The Balaban J connectivity index is 1.74. The normalized spacial score (nSPS) is 21.7. The van der Waals surface area contributed by atoms with Crippen LogP contribution in [0.3, 0.4) is 0 Å². The van der Waals surface area contributed by atoms with Gasteiger partial charge in [0.1, 0.15) is 24.4 Å². The Morgan fingerprint density at radius 1 is 1.15 bits per heavy atom. The maximum atomic E-state index is 13.4. The number of carbonyl (C=O) groups is 3. The van der Waals surface area contributed by atoms with Crippen LogP contribution in [-0.4, -0.2) is 96.8 Å². The lowest BCUT2D eigenvalue weighted by Gasteiger charge is -2.33. The number of hydrogen-bond acceptors (Lipinski definition) is 7. The van der Waals surface area contributed by atoms with Gasteiger partial charge in [-0.3, -0.25) is 9.69 Å². The van der Waals surface area contributed by atoms with Crippen molar-refractivity contribution >= 4 is 18.1 Å². The first kappa shape index (κ1) is 25.8. The van der Waals surface area contributed by atoms with Crippen molar-refractivity contribution in [3.8, 4) is 0 Å². The highest BCUT2D eigenvalue weighted by molar-refractivity contribution is 5.85. The highest BCUT2D eigenvalue weighted by Gasteiger charge is 2.43. The van der Waals surface area contributed by atoms with E-state index in [1.54, 1.807) is 32.6 Å². The van der Waals surface area contributed by atoms with Crippen LogP contribution >= 0.6 is 0 Å². The molecule has 2 saturated heterocycles. The van der Waals surface area contributed by atoms with Gasteiger partial charge in [0, 0.05) is 20.1 Å². The molecule has 2 aliphatic rings. The predicted molar refractivity (Wildman–Crippen MR) is 123 cm³/mol. The number of carbonyl (C=O) groups excluding carboxylic acids is 3. The molecule has 0 aliphatic carbocycles. The molecule has 0 N–H and O–H groups in total. The Bertz CT molecular complexity index is 852. The van der Waals surface area contributed by atoms with Crippen LogP contribution in [0.15, 0.2) is 30.3 Å². The van der Waals surface area contributed by atoms with E-state index in [2.05, 4.69) is 0 Å². The summed E-state index contributed by atoms with van der Waals surface area (Å²) in [7, 11) is 1.52. The maximum absolute atomic E-state index is 13.4. The molecule has 1 aromatic rings. The van der Waals surface area contributed by atoms with Gasteiger partial charge in [0.05, 0.1) is 13.2 Å². The minimum Gasteiger partial charge on any atom is -0.444 e. The summed E-state index contributed by atoms with van der Waals surface area (Å²) in [5.74, 6) is -0.320. The number of benzene rings is 1. The van der Waals surface area contributed by atoms with Gasteiger partial charge in [-0.25, -0.2) is 9.59 Å². The topological polar surface area (TPSA) is 97.9 Å². The molecule has 3 atom stereocenters. The van der Waals surface area contributed by atoms with E-state index in [0.717, 1.165) is 5.56 Å². The van der Waals surface area contributed by atoms with Crippen molar-refractivity contribution < 1.29 is 33.3 Å². The maximum Gasteiger partial charge on any atom is 0.412 e. The number of morpholine rings is 1. The summed E-state index contributed by atoms with van der Waals surface area (Å²) in [4.78, 5) is 43.0. The highest BCUT2D eigenvalue weighted by Crippen LogP contribution is 2.25. The van der Waals surface area contributed by atoms with Gasteiger partial charge in [0.25, 0.3) is 0 Å². The highest BCUT2D eigenvalue weighted by atomic mass is 16.7. The zero-order valence-electron chi connectivity index (χ0n) is 20.6. The van der Waals surface area contributed by atoms with Crippen molar-refractivity contribution in [3.63, 3.8) is 0 Å². The summed E-state index contributed by atoms with van der Waals surface area (Å²) < 4.78 is 22.1. The molecular weight excluding hydrogens is 442 g/mol. The number of rotatable bonds is 5. The number of nitrogens with zero attached hydrogens (tertiary/aromatic N) is 3. The molecule has 0 spiro atoms. The van der Waals surface area contributed by atoms with E-state index >= 15 is 0 Å². The van der Waals surface area contributed by atoms with Gasteiger partial charge < -0.3 is 28.7 Å². The molecule has 0 aromatic heterocycles. The average Bonchev–Trinajstić information content (AvgIpc) is 3.19. The fourth-order valence-corrected chi connectivity index (χ4v) is 3.73. The molecule has 3 amide bonds. The molecule has 2 fully saturated rings. The first-order valence-corrected chi connectivity index (χ1v) is 11.5. The van der Waals surface area contributed by atoms with Crippen molar-refractivity contribution in [1.82, 2.24) is 14.7 Å². The van der Waals surface area contributed by atoms with E-state index in [-0.39, 0.29) is 12.6 Å². The standard InChI is InChI=1S/C24H35N3O7/c1-17(25(5)22(29)34-24(2,3)4)20(28)27-16-32-21(19(27)15-18-9-7-6-8-10-18)33-23(30)26-11-13-31-14-12-26/h6-10,17,19,21H,11-16H2,1-5H3/t17-,19-,21-/m0/s1. The summed E-state index contributed by atoms with van der Waals surface area (Å²) >= 11 is 0. The van der Waals surface area contributed by atoms with Gasteiger partial charge in [-0.1, -0.05) is 30.3 Å². The Morgan fingerprint density at radius 3 is 2.41 bits per heavy atom. The van der Waals surface area contributed by atoms with E-state index in [4.69, 9.17) is 18.9 Å². The molecule has 3 rings (SSSR count). The first-order chi connectivity index (χ1) is 16.1. The van der Waals surface area contributed by atoms with Crippen LogP contribution in [0.4, 0.5) is 9.59 Å². The van der Waals surface area contributed by atoms with Gasteiger partial charge in [-0.15, -0.1) is 0 Å². The lowest BCUT2D eigenvalue weighted by molar-refractivity contribution is -0.138. The largest absolute Gasteiger partial charge is 0.444 e. The third kappa shape index (κ3) is 6.60. The van der Waals surface area contributed by atoms with E-state index in [0.29, 0.717) is 32.7 Å². The van der Waals surface area contributed by atoms with Crippen LogP contribution in [0.5, 0.6) is 0 Å². The van der Waals surface area contributed by atoms with Crippen LogP contribution in [-0.2, 0) is 30.2 Å². The fourth-order valence-electron chi connectivity index (χ4n) is 3.73. The van der Waals surface area contributed by atoms with Crippen molar-refractivity contribution in [2.45, 2.75) is 58.1 Å². The molecule has 1 aromatic carbocycles. The van der Waals surface area contributed by atoms with E-state index < -0.39 is 36.2 Å². The summed E-state index contributed by atoms with van der Waals surface area (Å²) in [5, 5.41) is 0. The second kappa shape index (κ2) is 11.1. The third-order valence-corrected chi connectivity index (χ3v) is 5.77. The Hall–Kier alpha value is -2.85. The van der Waals surface area contributed by atoms with Gasteiger partial charge >= 0.3 is 12.2 Å². The molecule has 188 valence electrons. The Kier molecular flexibility index (Phi) is 8.37. The van der Waals surface area contributed by atoms with Crippen LogP contribution in [0.25, 0.3) is 0 Å². The fraction of sp³-hybridized carbons (Fsp3) is 0.625. The molecule has 10 nitrogen and oxygen atoms in total. The molecule has 10 heteroatoms. The molecule has 34 heavy (non-hydrogen) atoms. The molecule has 0 saturated carbocycles. The number of amides is 3. The quantitative estimate of drug-likeness (QED) is 0.643. The van der Waals surface area contributed by atoms with Crippen molar-refractivity contribution in [1.29, 1.82) is 0 Å². The van der Waals surface area contributed by atoms with Crippen molar-refractivity contribution in [3.05, 3.63) is 35.9 Å². The third-order valence-electron chi connectivity index (χ3n) is 5.77. The van der Waals surface area contributed by atoms with Crippen LogP contribution in [0.2, 0.25) is 0 Å². The van der Waals surface area contributed by atoms with Gasteiger partial charge in [0.2, 0.25) is 12.2 Å². The van der Waals surface area contributed by atoms with Crippen LogP contribution in [0, 0.1) is 0 Å². The van der Waals surface area contributed by atoms with Crippen molar-refractivity contribution in [2.24, 2.45) is 0 Å². The van der Waals surface area contributed by atoms with E-state index in [1.807, 2.05) is 30.3 Å². The van der Waals surface area contributed by atoms with Crippen LogP contribution < -0.4 is 0 Å². The van der Waals surface area contributed by atoms with Crippen LogP contribution in [0.1, 0.15) is 33.3 Å². The number of ether oxygens (including phenoxy) is 4. The van der Waals surface area contributed by atoms with Gasteiger partial charge in [-0.05, 0) is 39.7 Å². The average molecular weight is 478 g/mol. The van der Waals surface area contributed by atoms with E-state index in [9.17, 15) is 14.4 Å². The SMILES string of the molecule is C[C@@H](C(=O)N1CO[C@@H](OC(=O)N2CCOCC2)[C@@H]1Cc1ccccc1)N(C)C(=O)OC(C)(C)C. The zero-order valence-corrected chi connectivity index (χ0v) is 20.6. The Labute approximate surface area is 200 Å². The summed E-state index contributed by atoms with van der Waals surface area (Å²) in [6, 6.07) is 8.26. The summed E-state index contributed by atoms with van der Waals surface area (Å²) in [6.07, 6.45) is -1.60. The minimum absolute atomic E-state index is 0.0517. The lowest BCUT2D eigenvalue weighted by Crippen LogP contribution is -2.52. The lowest BCUT2D eigenvalue weighted by atomic mass is 10.0. The predicted octanol–water partition coefficient (Wildman–Crippen LogP) is 2.46. The van der Waals surface area contributed by atoms with E-state index in [1.165, 1.54) is 16.8 Å². The number of hydrogen-bond donors (Lipinski definition) is 0. The monoisotopic (exact) mass is 477 g/mol. The van der Waals surface area contributed by atoms with Gasteiger partial charge in [-0.2, -0.15) is 0 Å².